The molecule has 0 aliphatic heterocycles. The molecule has 0 saturated carbocycles. The first-order valence-electron chi connectivity index (χ1n) is 17.6. The van der Waals surface area contributed by atoms with Crippen molar-refractivity contribution in [2.45, 2.75) is 84.4 Å². The van der Waals surface area contributed by atoms with Crippen LogP contribution >= 0.6 is 0 Å². The first-order valence-corrected chi connectivity index (χ1v) is 17.6. The van der Waals surface area contributed by atoms with Crippen LogP contribution in [0, 0.1) is 11.8 Å². The number of H-pyrrole nitrogens is 1. The molecule has 280 valence electrons. The van der Waals surface area contributed by atoms with E-state index in [1.807, 2.05) is 66.1 Å². The molecule has 1 aromatic heterocycles. The highest BCUT2D eigenvalue weighted by Crippen LogP contribution is 2.12. The second kappa shape index (κ2) is 23.5. The number of hydrogen-bond acceptors (Lipinski definition) is 10. The monoisotopic (exact) mass is 700 g/mol. The van der Waals surface area contributed by atoms with Gasteiger partial charge in [0.05, 0.1) is 6.33 Å². The molecule has 1 heterocycles. The Hall–Kier alpha value is -3.89. The molecular weight excluding hydrogens is 640 g/mol. The number of amides is 4. The number of hydrogen-bond donors (Lipinski definition) is 9. The lowest BCUT2D eigenvalue weighted by Gasteiger charge is -2.28. The van der Waals surface area contributed by atoms with Gasteiger partial charge >= 0.3 is 0 Å². The van der Waals surface area contributed by atoms with Crippen LogP contribution < -0.4 is 37.2 Å². The topological polar surface area (TPSA) is 205 Å². The Labute approximate surface area is 296 Å². The maximum absolute atomic E-state index is 13.6. The van der Waals surface area contributed by atoms with Crippen molar-refractivity contribution in [2.75, 3.05) is 46.8 Å². The molecule has 9 N–H and O–H groups in total. The number of aromatic nitrogens is 2. The van der Waals surface area contributed by atoms with E-state index in [1.165, 1.54) is 6.33 Å². The molecule has 5 atom stereocenters. The number of imidazole rings is 1. The van der Waals surface area contributed by atoms with E-state index in [4.69, 9.17) is 0 Å². The van der Waals surface area contributed by atoms with Gasteiger partial charge < -0.3 is 42.0 Å². The Bertz CT molecular complexity index is 1250. The molecule has 0 spiro atoms. The molecule has 2 aromatic rings. The lowest BCUT2D eigenvalue weighted by Crippen LogP contribution is -2.58. The number of likely N-dealkylation sites (N-methyl/N-ethyl adjacent to an activating group) is 2. The predicted molar refractivity (Wildman–Crippen MR) is 193 cm³/mol. The number of benzene rings is 1. The highest BCUT2D eigenvalue weighted by Gasteiger charge is 2.32. The van der Waals surface area contributed by atoms with Gasteiger partial charge in [-0.1, -0.05) is 58.4 Å². The van der Waals surface area contributed by atoms with Gasteiger partial charge in [0.2, 0.25) is 24.1 Å². The zero-order chi connectivity index (χ0) is 36.9. The van der Waals surface area contributed by atoms with Crippen molar-refractivity contribution < 1.29 is 24.3 Å². The predicted octanol–water partition coefficient (Wildman–Crippen LogP) is -0.406. The van der Waals surface area contributed by atoms with Crippen LogP contribution in [0.3, 0.4) is 0 Å². The van der Waals surface area contributed by atoms with Gasteiger partial charge in [-0.25, -0.2) is 4.98 Å². The van der Waals surface area contributed by atoms with Gasteiger partial charge in [0.1, 0.15) is 24.4 Å². The minimum atomic E-state index is -0.919. The Balaban J connectivity index is 1.98. The molecule has 0 fully saturated rings. The summed E-state index contributed by atoms with van der Waals surface area (Å²) in [5.41, 5.74) is 2.54. The lowest BCUT2D eigenvalue weighted by atomic mass is 9.96. The number of aliphatic hydroxyl groups is 1. The lowest BCUT2D eigenvalue weighted by molar-refractivity contribution is -0.134. The van der Waals surface area contributed by atoms with Gasteiger partial charge in [-0.3, -0.25) is 29.4 Å². The molecule has 0 saturated heterocycles. The summed E-state index contributed by atoms with van der Waals surface area (Å²) in [5, 5.41) is 31.2. The molecule has 0 aliphatic rings. The average molecular weight is 701 g/mol. The average Bonchev–Trinajstić information content (AvgIpc) is 3.62. The van der Waals surface area contributed by atoms with Crippen molar-refractivity contribution in [3.63, 3.8) is 0 Å². The Morgan fingerprint density at radius 1 is 0.920 bits per heavy atom. The van der Waals surface area contributed by atoms with Crippen molar-refractivity contribution >= 4 is 24.1 Å². The van der Waals surface area contributed by atoms with E-state index in [-0.39, 0.29) is 30.7 Å². The molecule has 1 aromatic carbocycles. The molecule has 0 bridgehead atoms. The summed E-state index contributed by atoms with van der Waals surface area (Å²) in [5.74, 6) is -1.43. The van der Waals surface area contributed by atoms with Gasteiger partial charge in [-0.15, -0.1) is 0 Å². The van der Waals surface area contributed by atoms with Crippen LogP contribution in [0.25, 0.3) is 0 Å². The fourth-order valence-electron chi connectivity index (χ4n) is 5.31. The maximum Gasteiger partial charge on any atom is 0.243 e. The van der Waals surface area contributed by atoms with Crippen LogP contribution in [-0.4, -0.2) is 115 Å². The molecule has 4 amide bonds. The first kappa shape index (κ1) is 42.3. The van der Waals surface area contributed by atoms with E-state index in [0.29, 0.717) is 38.0 Å². The highest BCUT2D eigenvalue weighted by atomic mass is 16.3. The summed E-state index contributed by atoms with van der Waals surface area (Å²) in [7, 11) is 3.82. The van der Waals surface area contributed by atoms with Gasteiger partial charge in [-0.2, -0.15) is 0 Å². The van der Waals surface area contributed by atoms with E-state index in [0.717, 1.165) is 37.3 Å². The third kappa shape index (κ3) is 15.8. The molecule has 0 radical (unpaired) electrons. The number of aliphatic hydroxyl groups excluding tert-OH is 1. The van der Waals surface area contributed by atoms with E-state index < -0.39 is 36.2 Å². The fourth-order valence-corrected chi connectivity index (χ4v) is 5.31. The van der Waals surface area contributed by atoms with Crippen LogP contribution in [0.2, 0.25) is 0 Å². The quantitative estimate of drug-likeness (QED) is 0.0459. The largest absolute Gasteiger partial charge is 0.377 e. The van der Waals surface area contributed by atoms with Crippen LogP contribution in [0.1, 0.15) is 57.4 Å². The Morgan fingerprint density at radius 3 is 2.10 bits per heavy atom. The SMILES string of the molecule is CCC(C)[C@H](NC(=O)[C@H](Cc1cnc[nH]1)NC=O)C(=O)N[C@@H](CC(C)C)C(=O)NCc1ccc(CN[C@@H](O)CN(CCNC)CCNC)cc1. The molecule has 15 heteroatoms. The van der Waals surface area contributed by atoms with Crippen LogP contribution in [-0.2, 0) is 38.7 Å². The number of nitrogens with zero attached hydrogens (tertiary/aromatic N) is 2. The molecular formula is C35H60N10O5. The standard InChI is InChI=1S/C35H60N10O5/c1-7-25(4)32(44-34(49)29(42-23-46)17-28-20-38-22-41-28)35(50)43-30(16-24(2)3)33(48)40-19-27-10-8-26(9-11-27)18-39-31(47)21-45(14-12-36-5)15-13-37-6/h8-11,20,22-25,29-32,36-37,39,47H,7,12-19,21H2,1-6H3,(H,38,41)(H,40,48)(H,42,46)(H,43,50)(H,44,49)/t25?,29-,30-,31-,32-/m0/s1. The molecule has 2 rings (SSSR count). The van der Waals surface area contributed by atoms with Gasteiger partial charge in [0.15, 0.2) is 0 Å². The van der Waals surface area contributed by atoms with Crippen molar-refractivity contribution in [2.24, 2.45) is 11.8 Å². The summed E-state index contributed by atoms with van der Waals surface area (Å²) in [6, 6.07) is 5.10. The minimum Gasteiger partial charge on any atom is -0.377 e. The third-order valence-electron chi connectivity index (χ3n) is 8.52. The van der Waals surface area contributed by atoms with E-state index in [1.54, 1.807) is 6.20 Å². The number of carbonyl (C=O) groups is 4. The van der Waals surface area contributed by atoms with Crippen molar-refractivity contribution in [1.82, 2.24) is 52.1 Å². The number of carbonyl (C=O) groups excluding carboxylic acids is 4. The number of aromatic amines is 1. The van der Waals surface area contributed by atoms with Gasteiger partial charge in [0, 0.05) is 64.1 Å². The van der Waals surface area contributed by atoms with Crippen LogP contribution in [0.15, 0.2) is 36.8 Å². The van der Waals surface area contributed by atoms with Gasteiger partial charge in [-0.05, 0) is 43.5 Å². The Morgan fingerprint density at radius 2 is 1.56 bits per heavy atom. The summed E-state index contributed by atoms with van der Waals surface area (Å²) < 4.78 is 0. The van der Waals surface area contributed by atoms with Crippen molar-refractivity contribution in [3.8, 4) is 0 Å². The number of rotatable bonds is 26. The fraction of sp³-hybridized carbons (Fsp3) is 0.629. The molecule has 1 unspecified atom stereocenters. The normalized spacial score (nSPS) is 14.4. The summed E-state index contributed by atoms with van der Waals surface area (Å²) in [4.78, 5) is 60.5. The van der Waals surface area contributed by atoms with E-state index >= 15 is 0 Å². The number of nitrogens with one attached hydrogen (secondary N) is 8. The Kier molecular flexibility index (Phi) is 19.9. The zero-order valence-electron chi connectivity index (χ0n) is 30.6. The smallest absolute Gasteiger partial charge is 0.243 e. The first-order chi connectivity index (χ1) is 24.0. The zero-order valence-corrected chi connectivity index (χ0v) is 30.6. The second-order valence-corrected chi connectivity index (χ2v) is 13.1. The van der Waals surface area contributed by atoms with Crippen molar-refractivity contribution in [1.29, 1.82) is 0 Å². The molecule has 0 aliphatic carbocycles. The second-order valence-electron chi connectivity index (χ2n) is 13.1. The maximum atomic E-state index is 13.6. The molecule has 15 nitrogen and oxygen atoms in total. The summed E-state index contributed by atoms with van der Waals surface area (Å²) >= 11 is 0. The van der Waals surface area contributed by atoms with E-state index in [9.17, 15) is 24.3 Å². The highest BCUT2D eigenvalue weighted by molar-refractivity contribution is 5.93. The third-order valence-corrected chi connectivity index (χ3v) is 8.52. The van der Waals surface area contributed by atoms with Crippen molar-refractivity contribution in [3.05, 3.63) is 53.6 Å². The summed E-state index contributed by atoms with van der Waals surface area (Å²) in [6.45, 7) is 12.3. The van der Waals surface area contributed by atoms with Crippen LogP contribution in [0.5, 0.6) is 0 Å². The van der Waals surface area contributed by atoms with E-state index in [2.05, 4.69) is 52.1 Å². The van der Waals surface area contributed by atoms with Crippen LogP contribution in [0.4, 0.5) is 0 Å². The molecule has 50 heavy (non-hydrogen) atoms. The summed E-state index contributed by atoms with van der Waals surface area (Å²) in [6.07, 6.45) is 3.99. The minimum absolute atomic E-state index is 0.110. The van der Waals surface area contributed by atoms with Gasteiger partial charge in [0.25, 0.3) is 0 Å².